The summed E-state index contributed by atoms with van der Waals surface area (Å²) in [6.45, 7) is 8.80. The third-order valence-corrected chi connectivity index (χ3v) is 6.09. The molecule has 0 fully saturated rings. The highest BCUT2D eigenvalue weighted by Gasteiger charge is 2.06. The Morgan fingerprint density at radius 3 is 0.962 bits per heavy atom. The summed E-state index contributed by atoms with van der Waals surface area (Å²) in [5.74, 6) is 0.911. The molecule has 0 amide bonds. The molecule has 1 atom stereocenters. The number of hydrogen-bond acceptors (Lipinski definition) is 0. The Morgan fingerprint density at radius 2 is 0.692 bits per heavy atom. The molecule has 0 nitrogen and oxygen atoms in total. The van der Waals surface area contributed by atoms with Crippen LogP contribution < -0.4 is 0 Å². The molecule has 0 heteroatoms. The van der Waals surface area contributed by atoms with Crippen molar-refractivity contribution in [2.24, 2.45) is 5.92 Å². The van der Waals surface area contributed by atoms with Crippen LogP contribution in [0.3, 0.4) is 0 Å². The van der Waals surface area contributed by atoms with E-state index in [1.165, 1.54) is 135 Å². The Labute approximate surface area is 168 Å². The third-order valence-electron chi connectivity index (χ3n) is 6.09. The van der Waals surface area contributed by atoms with E-state index < -0.39 is 0 Å². The first-order chi connectivity index (χ1) is 12.8. The molecule has 1 unspecified atom stereocenters. The van der Waals surface area contributed by atoms with Crippen molar-refractivity contribution >= 4 is 0 Å². The van der Waals surface area contributed by atoms with Gasteiger partial charge < -0.3 is 0 Å². The lowest BCUT2D eigenvalue weighted by Gasteiger charge is -2.14. The van der Waals surface area contributed by atoms with Gasteiger partial charge in [-0.2, -0.15) is 0 Å². The number of rotatable bonds is 22. The summed E-state index contributed by atoms with van der Waals surface area (Å²) < 4.78 is 0. The molecular weight excluding hydrogens is 312 g/mol. The fourth-order valence-corrected chi connectivity index (χ4v) is 4.10. The molecule has 157 valence electrons. The largest absolute Gasteiger partial charge is 0.0654 e. The van der Waals surface area contributed by atoms with Crippen LogP contribution >= 0.6 is 0 Å². The maximum atomic E-state index is 4.20. The summed E-state index contributed by atoms with van der Waals surface area (Å²) in [5.41, 5.74) is 0. The lowest BCUT2D eigenvalue weighted by atomic mass is 9.92. The summed E-state index contributed by atoms with van der Waals surface area (Å²) in [4.78, 5) is 0. The van der Waals surface area contributed by atoms with E-state index in [0.717, 1.165) is 12.3 Å². The van der Waals surface area contributed by atoms with E-state index in [0.29, 0.717) is 0 Å². The molecule has 0 aliphatic carbocycles. The molecule has 0 aromatic carbocycles. The van der Waals surface area contributed by atoms with Crippen molar-refractivity contribution in [3.05, 3.63) is 6.92 Å². The maximum Gasteiger partial charge on any atom is -0.0414 e. The van der Waals surface area contributed by atoms with Crippen molar-refractivity contribution in [2.75, 3.05) is 0 Å². The topological polar surface area (TPSA) is 0 Å². The van der Waals surface area contributed by atoms with Gasteiger partial charge in [0, 0.05) is 0 Å². The minimum absolute atomic E-state index is 0.911. The molecule has 0 heterocycles. The van der Waals surface area contributed by atoms with Crippen molar-refractivity contribution in [2.45, 2.75) is 155 Å². The first kappa shape index (κ1) is 26.0. The zero-order valence-corrected chi connectivity index (χ0v) is 18.8. The van der Waals surface area contributed by atoms with E-state index in [1.54, 1.807) is 0 Å². The van der Waals surface area contributed by atoms with E-state index in [-0.39, 0.29) is 0 Å². The van der Waals surface area contributed by atoms with Crippen LogP contribution in [-0.4, -0.2) is 0 Å². The fraction of sp³-hybridized carbons (Fsp3) is 0.962. The molecule has 0 N–H and O–H groups in total. The molecule has 0 saturated heterocycles. The molecule has 0 bridgehead atoms. The second-order valence-electron chi connectivity index (χ2n) is 8.74. The summed E-state index contributed by atoms with van der Waals surface area (Å²) in [5, 5.41) is 0. The van der Waals surface area contributed by atoms with Gasteiger partial charge in [-0.05, 0) is 5.92 Å². The molecule has 0 aliphatic heterocycles. The quantitative estimate of drug-likeness (QED) is 0.167. The lowest BCUT2D eigenvalue weighted by molar-refractivity contribution is 0.404. The fourth-order valence-electron chi connectivity index (χ4n) is 4.10. The lowest BCUT2D eigenvalue weighted by Crippen LogP contribution is -1.99. The maximum absolute atomic E-state index is 4.20. The van der Waals surface area contributed by atoms with Crippen LogP contribution in [0.4, 0.5) is 0 Å². The Morgan fingerprint density at radius 1 is 0.423 bits per heavy atom. The Bertz CT molecular complexity index is 232. The first-order valence-electron chi connectivity index (χ1n) is 12.6. The Kier molecular flexibility index (Phi) is 23.0. The molecular formula is C26H53. The van der Waals surface area contributed by atoms with Crippen molar-refractivity contribution in [3.8, 4) is 0 Å². The van der Waals surface area contributed by atoms with Crippen molar-refractivity contribution in [3.63, 3.8) is 0 Å². The van der Waals surface area contributed by atoms with Gasteiger partial charge in [0.15, 0.2) is 0 Å². The molecule has 1 radical (unpaired) electrons. The van der Waals surface area contributed by atoms with Crippen LogP contribution in [0.15, 0.2) is 0 Å². The van der Waals surface area contributed by atoms with Gasteiger partial charge in [-0.15, -0.1) is 0 Å². The molecule has 0 aromatic rings. The van der Waals surface area contributed by atoms with Crippen molar-refractivity contribution < 1.29 is 0 Å². The van der Waals surface area contributed by atoms with E-state index in [2.05, 4.69) is 20.8 Å². The Balaban J connectivity index is 3.26. The third kappa shape index (κ3) is 20.3. The van der Waals surface area contributed by atoms with Crippen LogP contribution in [-0.2, 0) is 0 Å². The highest BCUT2D eigenvalue weighted by molar-refractivity contribution is 4.62. The molecule has 0 aromatic heterocycles. The average Bonchev–Trinajstić information content (AvgIpc) is 2.66. The van der Waals surface area contributed by atoms with E-state index in [4.69, 9.17) is 0 Å². The minimum Gasteiger partial charge on any atom is -0.0654 e. The smallest absolute Gasteiger partial charge is 0.0414 e. The van der Waals surface area contributed by atoms with E-state index in [1.807, 2.05) is 0 Å². The van der Waals surface area contributed by atoms with Gasteiger partial charge in [0.05, 0.1) is 0 Å². The van der Waals surface area contributed by atoms with Gasteiger partial charge >= 0.3 is 0 Å². The summed E-state index contributed by atoms with van der Waals surface area (Å²) in [6, 6.07) is 0. The summed E-state index contributed by atoms with van der Waals surface area (Å²) in [7, 11) is 0. The Hall–Kier alpha value is 0. The van der Waals surface area contributed by atoms with Crippen LogP contribution in [0, 0.1) is 12.8 Å². The van der Waals surface area contributed by atoms with Crippen LogP contribution in [0.1, 0.15) is 155 Å². The van der Waals surface area contributed by atoms with Crippen molar-refractivity contribution in [1.82, 2.24) is 0 Å². The van der Waals surface area contributed by atoms with Crippen LogP contribution in [0.2, 0.25) is 0 Å². The predicted molar refractivity (Wildman–Crippen MR) is 122 cm³/mol. The van der Waals surface area contributed by atoms with E-state index >= 15 is 0 Å². The van der Waals surface area contributed by atoms with E-state index in [9.17, 15) is 0 Å². The second kappa shape index (κ2) is 23.0. The second-order valence-corrected chi connectivity index (χ2v) is 8.74. The highest BCUT2D eigenvalue weighted by Crippen LogP contribution is 2.21. The van der Waals surface area contributed by atoms with Crippen LogP contribution in [0.5, 0.6) is 0 Å². The molecule has 26 heavy (non-hydrogen) atoms. The normalized spacial score (nSPS) is 12.6. The van der Waals surface area contributed by atoms with Gasteiger partial charge in [0.25, 0.3) is 0 Å². The van der Waals surface area contributed by atoms with Gasteiger partial charge in [-0.1, -0.05) is 162 Å². The van der Waals surface area contributed by atoms with Gasteiger partial charge in [-0.3, -0.25) is 0 Å². The number of unbranched alkanes of at least 4 members (excludes halogenated alkanes) is 17. The first-order valence-corrected chi connectivity index (χ1v) is 12.6. The molecule has 0 aliphatic rings. The van der Waals surface area contributed by atoms with Crippen molar-refractivity contribution in [1.29, 1.82) is 0 Å². The van der Waals surface area contributed by atoms with Crippen LogP contribution in [0.25, 0.3) is 0 Å². The zero-order chi connectivity index (χ0) is 19.1. The highest BCUT2D eigenvalue weighted by atomic mass is 14.1. The monoisotopic (exact) mass is 365 g/mol. The molecule has 0 saturated carbocycles. The minimum atomic E-state index is 0.911. The average molecular weight is 366 g/mol. The SMILES string of the molecule is [CH2]CC(CCCCCCCCC)CCCCCCCCCCCCCC. The molecule has 0 rings (SSSR count). The molecule has 0 spiro atoms. The summed E-state index contributed by atoms with van der Waals surface area (Å²) in [6.07, 6.45) is 31.6. The van der Waals surface area contributed by atoms with Gasteiger partial charge in [0.2, 0.25) is 0 Å². The van der Waals surface area contributed by atoms with Gasteiger partial charge in [0.1, 0.15) is 0 Å². The predicted octanol–water partition coefficient (Wildman–Crippen LogP) is 10.1. The standard InChI is InChI=1S/C26H53/c1-4-7-9-11-13-14-15-16-17-19-21-23-25-26(6-3)24-22-20-18-12-10-8-5-2/h26H,3-25H2,1-2H3. The summed E-state index contributed by atoms with van der Waals surface area (Å²) >= 11 is 0. The number of hydrogen-bond donors (Lipinski definition) is 0. The van der Waals surface area contributed by atoms with Gasteiger partial charge in [-0.25, -0.2) is 0 Å². The zero-order valence-electron chi connectivity index (χ0n) is 18.8.